The molecular formula is C10H12O3S. The van der Waals surface area contributed by atoms with Crippen molar-refractivity contribution in [3.63, 3.8) is 0 Å². The van der Waals surface area contributed by atoms with Crippen LogP contribution in [0.3, 0.4) is 0 Å². The van der Waals surface area contributed by atoms with Crippen LogP contribution in [0.2, 0.25) is 0 Å². The minimum atomic E-state index is -0.899. The Morgan fingerprint density at radius 2 is 2.07 bits per heavy atom. The van der Waals surface area contributed by atoms with Crippen LogP contribution >= 0.6 is 12.6 Å². The average Bonchev–Trinajstić information content (AvgIpc) is 2.19. The van der Waals surface area contributed by atoms with Gasteiger partial charge in [-0.1, -0.05) is 12.1 Å². The molecule has 1 aromatic rings. The van der Waals surface area contributed by atoms with Gasteiger partial charge < -0.3 is 9.84 Å². The molecule has 0 radical (unpaired) electrons. The minimum absolute atomic E-state index is 0.419. The average molecular weight is 212 g/mol. The summed E-state index contributed by atoms with van der Waals surface area (Å²) in [7, 11) is 1.59. The summed E-state index contributed by atoms with van der Waals surface area (Å²) < 4.78 is 4.99. The van der Waals surface area contributed by atoms with Crippen molar-refractivity contribution in [2.75, 3.05) is 7.11 Å². The molecule has 3 nitrogen and oxygen atoms in total. The van der Waals surface area contributed by atoms with Gasteiger partial charge in [-0.2, -0.15) is 12.6 Å². The fourth-order valence-corrected chi connectivity index (χ4v) is 1.28. The summed E-state index contributed by atoms with van der Waals surface area (Å²) in [6.45, 7) is 0. The fraction of sp³-hybridized carbons (Fsp3) is 0.300. The maximum atomic E-state index is 10.5. The number of benzene rings is 1. The Morgan fingerprint density at radius 3 is 2.50 bits per heavy atom. The van der Waals surface area contributed by atoms with E-state index in [0.29, 0.717) is 6.42 Å². The third kappa shape index (κ3) is 2.96. The second-order valence-corrected chi connectivity index (χ2v) is 3.53. The van der Waals surface area contributed by atoms with Crippen LogP contribution in [0, 0.1) is 0 Å². The Hall–Kier alpha value is -1.16. The quantitative estimate of drug-likeness (QED) is 0.745. The molecule has 1 N–H and O–H groups in total. The van der Waals surface area contributed by atoms with E-state index in [-0.39, 0.29) is 0 Å². The number of hydrogen-bond donors (Lipinski definition) is 2. The van der Waals surface area contributed by atoms with Crippen molar-refractivity contribution in [2.24, 2.45) is 0 Å². The predicted octanol–water partition coefficient (Wildman–Crippen LogP) is 1.62. The monoisotopic (exact) mass is 212 g/mol. The number of carbonyl (C=O) groups is 1. The number of carboxylic acids is 1. The lowest BCUT2D eigenvalue weighted by atomic mass is 10.1. The maximum absolute atomic E-state index is 10.5. The van der Waals surface area contributed by atoms with E-state index >= 15 is 0 Å². The van der Waals surface area contributed by atoms with Gasteiger partial charge in [0.2, 0.25) is 0 Å². The van der Waals surface area contributed by atoms with Crippen molar-refractivity contribution in [2.45, 2.75) is 11.7 Å². The van der Waals surface area contributed by atoms with Gasteiger partial charge in [-0.05, 0) is 24.1 Å². The highest BCUT2D eigenvalue weighted by molar-refractivity contribution is 7.81. The molecule has 0 amide bonds. The van der Waals surface area contributed by atoms with E-state index in [4.69, 9.17) is 9.84 Å². The van der Waals surface area contributed by atoms with E-state index in [2.05, 4.69) is 12.6 Å². The van der Waals surface area contributed by atoms with Gasteiger partial charge in [0.25, 0.3) is 0 Å². The first-order chi connectivity index (χ1) is 6.63. The van der Waals surface area contributed by atoms with Gasteiger partial charge >= 0.3 is 5.97 Å². The molecule has 0 heterocycles. The molecule has 1 rings (SSSR count). The summed E-state index contributed by atoms with van der Waals surface area (Å²) >= 11 is 3.95. The molecule has 0 unspecified atom stereocenters. The summed E-state index contributed by atoms with van der Waals surface area (Å²) in [5, 5.41) is 7.99. The second-order valence-electron chi connectivity index (χ2n) is 2.91. The molecule has 14 heavy (non-hydrogen) atoms. The molecular weight excluding hydrogens is 200 g/mol. The number of rotatable bonds is 4. The molecule has 0 aliphatic carbocycles. The first kappa shape index (κ1) is 10.9. The molecule has 0 aliphatic rings. The van der Waals surface area contributed by atoms with Gasteiger partial charge in [0.05, 0.1) is 7.11 Å². The smallest absolute Gasteiger partial charge is 0.316 e. The lowest BCUT2D eigenvalue weighted by Gasteiger charge is -2.06. The lowest BCUT2D eigenvalue weighted by molar-refractivity contribution is -0.136. The van der Waals surface area contributed by atoms with E-state index in [1.54, 1.807) is 19.2 Å². The lowest BCUT2D eigenvalue weighted by Crippen LogP contribution is -2.15. The molecule has 0 bridgehead atoms. The highest BCUT2D eigenvalue weighted by Crippen LogP contribution is 2.14. The van der Waals surface area contributed by atoms with E-state index in [9.17, 15) is 4.79 Å². The Kier molecular flexibility index (Phi) is 3.83. The van der Waals surface area contributed by atoms with Crippen LogP contribution in [-0.4, -0.2) is 23.4 Å². The number of carboxylic acid groups (broad SMARTS) is 1. The molecule has 0 fully saturated rings. The standard InChI is InChI=1S/C10H12O3S/c1-13-8-4-2-7(3-5-8)6-9(14)10(11)12/h2-5,9,14H,6H2,1H3,(H,11,12)/t9-/m1/s1. The Balaban J connectivity index is 2.64. The van der Waals surface area contributed by atoms with Gasteiger partial charge in [0.1, 0.15) is 11.0 Å². The number of thiol groups is 1. The maximum Gasteiger partial charge on any atom is 0.316 e. The van der Waals surface area contributed by atoms with E-state index in [1.807, 2.05) is 12.1 Å². The van der Waals surface area contributed by atoms with E-state index in [1.165, 1.54) is 0 Å². The summed E-state index contributed by atoms with van der Waals surface area (Å²) in [4.78, 5) is 10.5. The van der Waals surface area contributed by atoms with Gasteiger partial charge in [0, 0.05) is 0 Å². The first-order valence-electron chi connectivity index (χ1n) is 4.17. The van der Waals surface area contributed by atoms with Crippen LogP contribution in [0.5, 0.6) is 5.75 Å². The number of hydrogen-bond acceptors (Lipinski definition) is 3. The molecule has 0 saturated heterocycles. The SMILES string of the molecule is COc1ccc(C[C@@H](S)C(=O)O)cc1. The highest BCUT2D eigenvalue weighted by Gasteiger charge is 2.12. The molecule has 1 atom stereocenters. The third-order valence-electron chi connectivity index (χ3n) is 1.87. The minimum Gasteiger partial charge on any atom is -0.497 e. The van der Waals surface area contributed by atoms with Gasteiger partial charge in [-0.25, -0.2) is 0 Å². The van der Waals surface area contributed by atoms with Crippen LogP contribution in [0.4, 0.5) is 0 Å². The fourth-order valence-electron chi connectivity index (χ4n) is 1.07. The Morgan fingerprint density at radius 1 is 1.50 bits per heavy atom. The summed E-state index contributed by atoms with van der Waals surface area (Å²) in [6.07, 6.45) is 0.419. The summed E-state index contributed by atoms with van der Waals surface area (Å²) in [5.41, 5.74) is 0.938. The van der Waals surface area contributed by atoms with Crippen molar-refractivity contribution in [1.29, 1.82) is 0 Å². The second kappa shape index (κ2) is 4.91. The predicted molar refractivity (Wildman–Crippen MR) is 57.1 cm³/mol. The molecule has 0 aromatic heterocycles. The van der Waals surface area contributed by atoms with Crippen molar-refractivity contribution in [3.05, 3.63) is 29.8 Å². The third-order valence-corrected chi connectivity index (χ3v) is 2.28. The zero-order valence-corrected chi connectivity index (χ0v) is 8.70. The van der Waals surface area contributed by atoms with Gasteiger partial charge in [-0.15, -0.1) is 0 Å². The summed E-state index contributed by atoms with van der Waals surface area (Å²) in [6, 6.07) is 7.28. The Labute approximate surface area is 88.1 Å². The molecule has 0 spiro atoms. The van der Waals surface area contributed by atoms with Crippen LogP contribution in [0.15, 0.2) is 24.3 Å². The molecule has 0 aliphatic heterocycles. The first-order valence-corrected chi connectivity index (χ1v) is 4.69. The van der Waals surface area contributed by atoms with Crippen LogP contribution in [0.1, 0.15) is 5.56 Å². The normalized spacial score (nSPS) is 12.1. The topological polar surface area (TPSA) is 46.5 Å². The van der Waals surface area contributed by atoms with Crippen molar-refractivity contribution >= 4 is 18.6 Å². The van der Waals surface area contributed by atoms with Crippen molar-refractivity contribution < 1.29 is 14.6 Å². The largest absolute Gasteiger partial charge is 0.497 e. The van der Waals surface area contributed by atoms with Gasteiger partial charge in [0.15, 0.2) is 0 Å². The number of methoxy groups -OCH3 is 1. The van der Waals surface area contributed by atoms with Crippen LogP contribution < -0.4 is 4.74 Å². The molecule has 4 heteroatoms. The highest BCUT2D eigenvalue weighted by atomic mass is 32.1. The molecule has 0 saturated carbocycles. The molecule has 1 aromatic carbocycles. The van der Waals surface area contributed by atoms with Gasteiger partial charge in [-0.3, -0.25) is 4.79 Å². The van der Waals surface area contributed by atoms with Crippen molar-refractivity contribution in [1.82, 2.24) is 0 Å². The zero-order valence-electron chi connectivity index (χ0n) is 7.80. The van der Waals surface area contributed by atoms with Crippen molar-refractivity contribution in [3.8, 4) is 5.75 Å². The number of aliphatic carboxylic acids is 1. The number of ether oxygens (including phenoxy) is 1. The van der Waals surface area contributed by atoms with Crippen LogP contribution in [0.25, 0.3) is 0 Å². The van der Waals surface area contributed by atoms with Crippen LogP contribution in [-0.2, 0) is 11.2 Å². The van der Waals surface area contributed by atoms with E-state index in [0.717, 1.165) is 11.3 Å². The molecule has 76 valence electrons. The van der Waals surface area contributed by atoms with E-state index < -0.39 is 11.2 Å². The Bertz CT molecular complexity index is 308. The summed E-state index contributed by atoms with van der Waals surface area (Å²) in [5.74, 6) is -0.135. The zero-order chi connectivity index (χ0) is 10.6.